The summed E-state index contributed by atoms with van der Waals surface area (Å²) >= 11 is 3.46. The number of carbonyl (C=O) groups excluding carboxylic acids is 1. The van der Waals surface area contributed by atoms with Crippen LogP contribution in [0.3, 0.4) is 0 Å². The molecule has 0 radical (unpaired) electrons. The zero-order valence-corrected chi connectivity index (χ0v) is 9.85. The van der Waals surface area contributed by atoms with Crippen molar-refractivity contribution >= 4 is 21.9 Å². The number of alkyl halides is 1. The van der Waals surface area contributed by atoms with E-state index in [2.05, 4.69) is 21.2 Å². The average molecular weight is 250 g/mol. The van der Waals surface area contributed by atoms with E-state index in [9.17, 15) is 4.79 Å². The van der Waals surface area contributed by atoms with Gasteiger partial charge in [0, 0.05) is 0 Å². The molecule has 4 heteroatoms. The van der Waals surface area contributed by atoms with E-state index in [4.69, 9.17) is 4.74 Å². The Bertz CT molecular complexity index is 200. The summed E-state index contributed by atoms with van der Waals surface area (Å²) in [5, 5.41) is 3.12. The molecule has 0 aromatic heterocycles. The van der Waals surface area contributed by atoms with Gasteiger partial charge in [-0.2, -0.15) is 0 Å². The van der Waals surface area contributed by atoms with Gasteiger partial charge in [0.25, 0.3) is 0 Å². The Hall–Kier alpha value is -0.0900. The molecule has 1 aliphatic rings. The largest absolute Gasteiger partial charge is 0.445 e. The number of esters is 1. The van der Waals surface area contributed by atoms with Crippen LogP contribution in [0.2, 0.25) is 0 Å². The molecule has 13 heavy (non-hydrogen) atoms. The Kier molecular flexibility index (Phi) is 3.35. The summed E-state index contributed by atoms with van der Waals surface area (Å²) in [4.78, 5) is 11.7. The third kappa shape index (κ3) is 2.95. The standard InChI is InChI=1S/C9H16BrNO2/c1-9(2,3)8(12)13-7-6(10)4-5-11-7/h6-7,11H,4-5H2,1-3H3. The first-order valence-electron chi connectivity index (χ1n) is 4.50. The Morgan fingerprint density at radius 1 is 1.54 bits per heavy atom. The zero-order chi connectivity index (χ0) is 10.1. The maximum atomic E-state index is 11.5. The van der Waals surface area contributed by atoms with Gasteiger partial charge in [0.05, 0.1) is 10.2 Å². The van der Waals surface area contributed by atoms with Crippen LogP contribution >= 0.6 is 15.9 Å². The fourth-order valence-corrected chi connectivity index (χ4v) is 1.57. The molecule has 2 unspecified atom stereocenters. The highest BCUT2D eigenvalue weighted by atomic mass is 79.9. The van der Waals surface area contributed by atoms with Crippen molar-refractivity contribution in [1.82, 2.24) is 5.32 Å². The maximum absolute atomic E-state index is 11.5. The van der Waals surface area contributed by atoms with Crippen molar-refractivity contribution < 1.29 is 9.53 Å². The first kappa shape index (κ1) is 11.0. The van der Waals surface area contributed by atoms with Gasteiger partial charge in [-0.3, -0.25) is 10.1 Å². The average Bonchev–Trinajstić information content (AvgIpc) is 2.34. The molecule has 0 spiro atoms. The van der Waals surface area contributed by atoms with Gasteiger partial charge >= 0.3 is 5.97 Å². The Morgan fingerprint density at radius 3 is 2.54 bits per heavy atom. The lowest BCUT2D eigenvalue weighted by Crippen LogP contribution is -2.37. The second-order valence-electron chi connectivity index (χ2n) is 4.33. The van der Waals surface area contributed by atoms with Gasteiger partial charge in [0.2, 0.25) is 0 Å². The van der Waals surface area contributed by atoms with E-state index in [1.807, 2.05) is 20.8 Å². The molecule has 1 N–H and O–H groups in total. The molecule has 1 heterocycles. The molecule has 2 atom stereocenters. The van der Waals surface area contributed by atoms with Crippen LogP contribution in [0.15, 0.2) is 0 Å². The molecule has 0 aromatic carbocycles. The summed E-state index contributed by atoms with van der Waals surface area (Å²) in [6, 6.07) is 0. The lowest BCUT2D eigenvalue weighted by Gasteiger charge is -2.22. The zero-order valence-electron chi connectivity index (χ0n) is 8.26. The third-order valence-electron chi connectivity index (χ3n) is 1.94. The predicted molar refractivity (Wildman–Crippen MR) is 54.7 cm³/mol. The fraction of sp³-hybridized carbons (Fsp3) is 0.889. The number of hydrogen-bond acceptors (Lipinski definition) is 3. The molecule has 1 saturated heterocycles. The van der Waals surface area contributed by atoms with Crippen molar-refractivity contribution in [2.75, 3.05) is 6.54 Å². The van der Waals surface area contributed by atoms with E-state index in [0.29, 0.717) is 0 Å². The molecule has 0 bridgehead atoms. The van der Waals surface area contributed by atoms with Gasteiger partial charge in [-0.25, -0.2) is 0 Å². The topological polar surface area (TPSA) is 38.3 Å². The van der Waals surface area contributed by atoms with Gasteiger partial charge in [-0.1, -0.05) is 15.9 Å². The highest BCUT2D eigenvalue weighted by Crippen LogP contribution is 2.21. The van der Waals surface area contributed by atoms with Gasteiger partial charge in [0.1, 0.15) is 0 Å². The van der Waals surface area contributed by atoms with Crippen LogP contribution < -0.4 is 5.32 Å². The monoisotopic (exact) mass is 249 g/mol. The molecule has 3 nitrogen and oxygen atoms in total. The van der Waals surface area contributed by atoms with Crippen LogP contribution in [0.4, 0.5) is 0 Å². The van der Waals surface area contributed by atoms with Crippen molar-refractivity contribution in [3.05, 3.63) is 0 Å². The number of nitrogens with one attached hydrogen (secondary N) is 1. The normalized spacial score (nSPS) is 28.9. The summed E-state index contributed by atoms with van der Waals surface area (Å²) in [6.07, 6.45) is 0.842. The number of hydrogen-bond donors (Lipinski definition) is 1. The number of ether oxygens (including phenoxy) is 1. The summed E-state index contributed by atoms with van der Waals surface area (Å²) in [5.41, 5.74) is -0.420. The highest BCUT2D eigenvalue weighted by molar-refractivity contribution is 9.09. The van der Waals surface area contributed by atoms with Crippen LogP contribution in [0.5, 0.6) is 0 Å². The second-order valence-corrected chi connectivity index (χ2v) is 5.51. The van der Waals surface area contributed by atoms with Crippen molar-refractivity contribution in [2.45, 2.75) is 38.2 Å². The lowest BCUT2D eigenvalue weighted by atomic mass is 9.97. The van der Waals surface area contributed by atoms with Crippen LogP contribution in [-0.4, -0.2) is 23.6 Å². The third-order valence-corrected chi connectivity index (χ3v) is 2.88. The molecular formula is C9H16BrNO2. The van der Waals surface area contributed by atoms with Crippen molar-refractivity contribution in [3.63, 3.8) is 0 Å². The summed E-state index contributed by atoms with van der Waals surface area (Å²) in [6.45, 7) is 6.46. The van der Waals surface area contributed by atoms with E-state index in [1.54, 1.807) is 0 Å². The maximum Gasteiger partial charge on any atom is 0.312 e. The minimum absolute atomic E-state index is 0.156. The molecule has 1 rings (SSSR count). The van der Waals surface area contributed by atoms with E-state index in [-0.39, 0.29) is 17.0 Å². The summed E-state index contributed by atoms with van der Waals surface area (Å²) < 4.78 is 5.29. The SMILES string of the molecule is CC(C)(C)C(=O)OC1NCCC1Br. The molecule has 0 saturated carbocycles. The van der Waals surface area contributed by atoms with Crippen LogP contribution in [-0.2, 0) is 9.53 Å². The Morgan fingerprint density at radius 2 is 2.15 bits per heavy atom. The first-order valence-corrected chi connectivity index (χ1v) is 5.41. The fourth-order valence-electron chi connectivity index (χ4n) is 1.05. The van der Waals surface area contributed by atoms with Gasteiger partial charge in [0.15, 0.2) is 6.23 Å². The van der Waals surface area contributed by atoms with Crippen LogP contribution in [0.1, 0.15) is 27.2 Å². The lowest BCUT2D eigenvalue weighted by molar-refractivity contribution is -0.159. The van der Waals surface area contributed by atoms with Gasteiger partial charge < -0.3 is 4.74 Å². The van der Waals surface area contributed by atoms with E-state index in [1.165, 1.54) is 0 Å². The van der Waals surface area contributed by atoms with E-state index < -0.39 is 5.41 Å². The quantitative estimate of drug-likeness (QED) is 0.568. The summed E-state index contributed by atoms with van der Waals surface area (Å²) in [7, 11) is 0. The second kappa shape index (κ2) is 3.96. The minimum Gasteiger partial charge on any atom is -0.445 e. The number of rotatable bonds is 1. The van der Waals surface area contributed by atoms with Crippen molar-refractivity contribution in [1.29, 1.82) is 0 Å². The molecule has 0 aromatic rings. The van der Waals surface area contributed by atoms with Crippen molar-refractivity contribution in [2.24, 2.45) is 5.41 Å². The number of halogens is 1. The highest BCUT2D eigenvalue weighted by Gasteiger charge is 2.32. The van der Waals surface area contributed by atoms with Crippen LogP contribution in [0.25, 0.3) is 0 Å². The molecule has 1 aliphatic heterocycles. The van der Waals surface area contributed by atoms with E-state index >= 15 is 0 Å². The molecule has 0 amide bonds. The van der Waals surface area contributed by atoms with Gasteiger partial charge in [-0.15, -0.1) is 0 Å². The Balaban J connectivity index is 2.45. The smallest absolute Gasteiger partial charge is 0.312 e. The molecule has 1 fully saturated rings. The molecule has 76 valence electrons. The molecular weight excluding hydrogens is 234 g/mol. The molecule has 0 aliphatic carbocycles. The summed E-state index contributed by atoms with van der Waals surface area (Å²) in [5.74, 6) is -0.156. The number of carbonyl (C=O) groups is 1. The van der Waals surface area contributed by atoms with Crippen molar-refractivity contribution in [3.8, 4) is 0 Å². The van der Waals surface area contributed by atoms with E-state index in [0.717, 1.165) is 13.0 Å². The Labute approximate surface area is 87.3 Å². The van der Waals surface area contributed by atoms with Crippen LogP contribution in [0, 0.1) is 5.41 Å². The predicted octanol–water partition coefficient (Wildman–Crippen LogP) is 1.66. The minimum atomic E-state index is -0.420. The first-order chi connectivity index (χ1) is 5.91. The van der Waals surface area contributed by atoms with Gasteiger partial charge in [-0.05, 0) is 33.7 Å².